The molecule has 0 unspecified atom stereocenters. The van der Waals surface area contributed by atoms with E-state index in [1.54, 1.807) is 0 Å². The van der Waals surface area contributed by atoms with E-state index in [0.29, 0.717) is 24.2 Å². The molecule has 2 rings (SSSR count). The van der Waals surface area contributed by atoms with Crippen LogP contribution in [0.25, 0.3) is 0 Å². The Morgan fingerprint density at radius 2 is 1.33 bits per heavy atom. The lowest BCUT2D eigenvalue weighted by Gasteiger charge is -2.19. The number of rotatable bonds is 1. The summed E-state index contributed by atoms with van der Waals surface area (Å²) in [5.74, 6) is -13.4. The summed E-state index contributed by atoms with van der Waals surface area (Å²) in [5, 5.41) is 0. The molecular formula is C13H10F5NO2. The van der Waals surface area contributed by atoms with Gasteiger partial charge < -0.3 is 0 Å². The topological polar surface area (TPSA) is 37.4 Å². The lowest BCUT2D eigenvalue weighted by Crippen LogP contribution is -2.38. The van der Waals surface area contributed by atoms with Crippen molar-refractivity contribution in [2.75, 3.05) is 6.54 Å². The van der Waals surface area contributed by atoms with Gasteiger partial charge in [0.15, 0.2) is 23.3 Å². The van der Waals surface area contributed by atoms with Crippen molar-refractivity contribution in [3.05, 3.63) is 34.6 Å². The Morgan fingerprint density at radius 1 is 0.810 bits per heavy atom. The van der Waals surface area contributed by atoms with E-state index >= 15 is 0 Å². The molecule has 21 heavy (non-hydrogen) atoms. The molecule has 1 aliphatic heterocycles. The fourth-order valence-electron chi connectivity index (χ4n) is 2.13. The quantitative estimate of drug-likeness (QED) is 0.346. The number of carbonyl (C=O) groups excluding carboxylic acids is 2. The molecule has 3 nitrogen and oxygen atoms in total. The summed E-state index contributed by atoms with van der Waals surface area (Å²) in [6, 6.07) is 0. The van der Waals surface area contributed by atoms with Crippen molar-refractivity contribution in [3.63, 3.8) is 0 Å². The molecular weight excluding hydrogens is 297 g/mol. The maximum Gasteiger partial charge on any atom is 0.266 e. The molecule has 0 bridgehead atoms. The zero-order valence-electron chi connectivity index (χ0n) is 10.7. The van der Waals surface area contributed by atoms with Crippen molar-refractivity contribution in [2.24, 2.45) is 0 Å². The van der Waals surface area contributed by atoms with Crippen molar-refractivity contribution in [1.82, 2.24) is 4.90 Å². The number of hydrogen-bond donors (Lipinski definition) is 0. The van der Waals surface area contributed by atoms with Crippen LogP contribution in [0.3, 0.4) is 0 Å². The van der Waals surface area contributed by atoms with E-state index in [2.05, 4.69) is 0 Å². The molecule has 1 aromatic rings. The number of imide groups is 1. The highest BCUT2D eigenvalue weighted by atomic mass is 19.2. The molecule has 8 heteroatoms. The zero-order valence-corrected chi connectivity index (χ0v) is 10.7. The molecule has 0 N–H and O–H groups in total. The standard InChI is InChI=1S/C13H10F5NO2/c14-8-7(9(15)11(17)12(18)10(8)16)13(21)19-5-3-1-2-4-6(19)20/h1-5H2. The molecule has 0 saturated carbocycles. The minimum absolute atomic E-state index is 0.0128. The monoisotopic (exact) mass is 307 g/mol. The van der Waals surface area contributed by atoms with E-state index in [4.69, 9.17) is 0 Å². The Hall–Kier alpha value is -1.99. The number of likely N-dealkylation sites (tertiary alicyclic amines) is 1. The van der Waals surface area contributed by atoms with Gasteiger partial charge in [-0.25, -0.2) is 22.0 Å². The van der Waals surface area contributed by atoms with Crippen LogP contribution in [0.5, 0.6) is 0 Å². The molecule has 1 aromatic carbocycles. The van der Waals surface area contributed by atoms with Gasteiger partial charge in [-0.3, -0.25) is 14.5 Å². The largest absolute Gasteiger partial charge is 0.278 e. The Kier molecular flexibility index (Phi) is 4.24. The predicted octanol–water partition coefficient (Wildman–Crippen LogP) is 2.92. The maximum absolute atomic E-state index is 13.6. The number of halogens is 5. The van der Waals surface area contributed by atoms with Crippen LogP contribution in [-0.4, -0.2) is 23.3 Å². The highest BCUT2D eigenvalue weighted by molar-refractivity contribution is 6.05. The fraction of sp³-hybridized carbons (Fsp3) is 0.385. The first-order valence-corrected chi connectivity index (χ1v) is 6.22. The van der Waals surface area contributed by atoms with Gasteiger partial charge in [-0.2, -0.15) is 0 Å². The van der Waals surface area contributed by atoms with Crippen LogP contribution in [0.15, 0.2) is 0 Å². The lowest BCUT2D eigenvalue weighted by molar-refractivity contribution is -0.128. The number of carbonyl (C=O) groups is 2. The van der Waals surface area contributed by atoms with Crippen molar-refractivity contribution in [1.29, 1.82) is 0 Å². The van der Waals surface area contributed by atoms with Crippen molar-refractivity contribution in [2.45, 2.75) is 25.7 Å². The second-order valence-corrected chi connectivity index (χ2v) is 4.61. The normalized spacial score (nSPS) is 16.0. The van der Waals surface area contributed by atoms with E-state index in [9.17, 15) is 31.5 Å². The average Bonchev–Trinajstić information content (AvgIpc) is 2.67. The Morgan fingerprint density at radius 3 is 1.90 bits per heavy atom. The average molecular weight is 307 g/mol. The van der Waals surface area contributed by atoms with Crippen LogP contribution in [0.4, 0.5) is 22.0 Å². The second kappa shape index (κ2) is 5.79. The van der Waals surface area contributed by atoms with Gasteiger partial charge in [-0.1, -0.05) is 6.42 Å². The number of nitrogens with zero attached hydrogens (tertiary/aromatic N) is 1. The second-order valence-electron chi connectivity index (χ2n) is 4.61. The summed E-state index contributed by atoms with van der Waals surface area (Å²) in [6.45, 7) is -0.114. The van der Waals surface area contributed by atoms with Crippen LogP contribution < -0.4 is 0 Å². The van der Waals surface area contributed by atoms with E-state index in [0.717, 1.165) is 0 Å². The molecule has 0 atom stereocenters. The summed E-state index contributed by atoms with van der Waals surface area (Å²) < 4.78 is 66.2. The van der Waals surface area contributed by atoms with Gasteiger partial charge in [0.25, 0.3) is 5.91 Å². The van der Waals surface area contributed by atoms with Crippen LogP contribution in [0.1, 0.15) is 36.0 Å². The first-order valence-electron chi connectivity index (χ1n) is 6.22. The van der Waals surface area contributed by atoms with Crippen LogP contribution in [0.2, 0.25) is 0 Å². The minimum atomic E-state index is -2.34. The molecule has 0 spiro atoms. The first-order chi connectivity index (χ1) is 9.86. The molecule has 0 aliphatic carbocycles. The van der Waals surface area contributed by atoms with E-state index in [-0.39, 0.29) is 13.0 Å². The number of benzene rings is 1. The molecule has 1 aliphatic rings. The summed E-state index contributed by atoms with van der Waals surface area (Å²) in [6.07, 6.45) is 1.53. The van der Waals surface area contributed by atoms with E-state index < -0.39 is 46.5 Å². The number of amides is 2. The molecule has 114 valence electrons. The summed E-state index contributed by atoms with van der Waals surface area (Å²) in [4.78, 5) is 24.2. The third-order valence-corrected chi connectivity index (χ3v) is 3.24. The highest BCUT2D eigenvalue weighted by Gasteiger charge is 2.34. The van der Waals surface area contributed by atoms with Crippen LogP contribution in [-0.2, 0) is 4.79 Å². The minimum Gasteiger partial charge on any atom is -0.278 e. The van der Waals surface area contributed by atoms with Crippen molar-refractivity contribution in [3.8, 4) is 0 Å². The van der Waals surface area contributed by atoms with Crippen LogP contribution in [0, 0.1) is 29.1 Å². The Labute approximate surface area is 116 Å². The third-order valence-electron chi connectivity index (χ3n) is 3.24. The van der Waals surface area contributed by atoms with Gasteiger partial charge in [0.1, 0.15) is 5.56 Å². The number of hydrogen-bond acceptors (Lipinski definition) is 2. The van der Waals surface area contributed by atoms with Crippen molar-refractivity contribution >= 4 is 11.8 Å². The van der Waals surface area contributed by atoms with E-state index in [1.165, 1.54) is 0 Å². The Bertz CT molecular complexity index is 588. The van der Waals surface area contributed by atoms with Crippen molar-refractivity contribution < 1.29 is 31.5 Å². The molecule has 0 aromatic heterocycles. The van der Waals surface area contributed by atoms with Gasteiger partial charge in [-0.05, 0) is 12.8 Å². The smallest absolute Gasteiger partial charge is 0.266 e. The van der Waals surface area contributed by atoms with Gasteiger partial charge in [0.05, 0.1) is 0 Å². The van der Waals surface area contributed by atoms with Gasteiger partial charge in [0.2, 0.25) is 11.7 Å². The molecule has 1 heterocycles. The molecule has 1 saturated heterocycles. The molecule has 0 radical (unpaired) electrons. The predicted molar refractivity (Wildman–Crippen MR) is 60.7 cm³/mol. The SMILES string of the molecule is O=C1CCCCCN1C(=O)c1c(F)c(F)c(F)c(F)c1F. The van der Waals surface area contributed by atoms with E-state index in [1.807, 2.05) is 0 Å². The molecule has 1 fully saturated rings. The summed E-state index contributed by atoms with van der Waals surface area (Å²) in [5.41, 5.74) is -1.60. The molecule has 2 amide bonds. The Balaban J connectivity index is 2.51. The maximum atomic E-state index is 13.6. The first kappa shape index (κ1) is 15.4. The summed E-state index contributed by atoms with van der Waals surface area (Å²) in [7, 11) is 0. The van der Waals surface area contributed by atoms with Gasteiger partial charge in [0, 0.05) is 13.0 Å². The lowest BCUT2D eigenvalue weighted by atomic mass is 10.1. The zero-order chi connectivity index (χ0) is 15.7. The fourth-order valence-corrected chi connectivity index (χ4v) is 2.13. The summed E-state index contributed by atoms with van der Waals surface area (Å²) >= 11 is 0. The van der Waals surface area contributed by atoms with Gasteiger partial charge >= 0.3 is 0 Å². The third kappa shape index (κ3) is 2.62. The van der Waals surface area contributed by atoms with Gasteiger partial charge in [-0.15, -0.1) is 0 Å². The van der Waals surface area contributed by atoms with Crippen LogP contribution >= 0.6 is 0 Å². The highest BCUT2D eigenvalue weighted by Crippen LogP contribution is 2.25.